The van der Waals surface area contributed by atoms with Crippen molar-refractivity contribution in [2.45, 2.75) is 25.4 Å². The Morgan fingerprint density at radius 1 is 1.50 bits per heavy atom. The summed E-state index contributed by atoms with van der Waals surface area (Å²) >= 11 is 0. The zero-order chi connectivity index (χ0) is 9.03. The first-order chi connectivity index (χ1) is 5.66. The molecule has 0 bridgehead atoms. The molecule has 1 heterocycles. The predicted octanol–water partition coefficient (Wildman–Crippen LogP) is 1.15. The number of ether oxygens (including phenoxy) is 1. The van der Waals surface area contributed by atoms with E-state index in [1.807, 2.05) is 0 Å². The Labute approximate surface area is 74.4 Å². The fourth-order valence-corrected chi connectivity index (χ4v) is 1.44. The van der Waals surface area contributed by atoms with Crippen LogP contribution in [0.1, 0.15) is 19.8 Å². The second kappa shape index (κ2) is 4.01. The van der Waals surface area contributed by atoms with Crippen LogP contribution in [-0.4, -0.2) is 44.1 Å². The highest BCUT2D eigenvalue weighted by Crippen LogP contribution is 2.24. The van der Waals surface area contributed by atoms with Gasteiger partial charge in [-0.1, -0.05) is 0 Å². The monoisotopic (exact) mass is 170 g/mol. The highest BCUT2D eigenvalue weighted by atomic mass is 16.5. The minimum atomic E-state index is 0.0354. The van der Waals surface area contributed by atoms with Crippen LogP contribution in [0, 0.1) is 0 Å². The molecular weight excluding hydrogens is 152 g/mol. The summed E-state index contributed by atoms with van der Waals surface area (Å²) in [6.45, 7) is 8.23. The second-order valence-electron chi connectivity index (χ2n) is 3.75. The molecule has 0 aliphatic carbocycles. The first-order valence-corrected chi connectivity index (χ1v) is 4.41. The zero-order valence-corrected chi connectivity index (χ0v) is 8.05. The molecule has 3 heteroatoms. The summed E-state index contributed by atoms with van der Waals surface area (Å²) in [6, 6.07) is 0. The van der Waals surface area contributed by atoms with Crippen LogP contribution in [0.2, 0.25) is 0 Å². The summed E-state index contributed by atoms with van der Waals surface area (Å²) in [7, 11) is 2.14. The van der Waals surface area contributed by atoms with Gasteiger partial charge in [-0.2, -0.15) is 0 Å². The maximum Gasteiger partial charge on any atom is 0.137 e. The number of nitrogens with zero attached hydrogens (tertiary/aromatic N) is 2. The van der Waals surface area contributed by atoms with Crippen molar-refractivity contribution in [1.82, 2.24) is 4.90 Å². The van der Waals surface area contributed by atoms with Crippen LogP contribution in [0.3, 0.4) is 0 Å². The van der Waals surface area contributed by atoms with Gasteiger partial charge in [0.15, 0.2) is 0 Å². The molecule has 1 saturated heterocycles. The second-order valence-corrected chi connectivity index (χ2v) is 3.75. The van der Waals surface area contributed by atoms with Gasteiger partial charge in [0.1, 0.15) is 6.73 Å². The summed E-state index contributed by atoms with van der Waals surface area (Å²) in [5, 5.41) is 0. The zero-order valence-electron chi connectivity index (χ0n) is 8.05. The van der Waals surface area contributed by atoms with Crippen molar-refractivity contribution < 1.29 is 4.74 Å². The largest absolute Gasteiger partial charge is 0.353 e. The molecule has 0 saturated carbocycles. The van der Waals surface area contributed by atoms with E-state index in [0.29, 0.717) is 6.73 Å². The Balaban J connectivity index is 2.33. The van der Waals surface area contributed by atoms with E-state index in [0.717, 1.165) is 25.9 Å². The van der Waals surface area contributed by atoms with Crippen molar-refractivity contribution in [3.63, 3.8) is 0 Å². The van der Waals surface area contributed by atoms with Gasteiger partial charge in [-0.15, -0.1) is 0 Å². The molecule has 0 spiro atoms. The fraction of sp³-hybridized carbons (Fsp3) is 0.889. The maximum atomic E-state index is 5.61. The van der Waals surface area contributed by atoms with Crippen molar-refractivity contribution in [3.8, 4) is 0 Å². The van der Waals surface area contributed by atoms with E-state index in [1.54, 1.807) is 0 Å². The normalized spacial score (nSPS) is 23.8. The molecule has 1 aliphatic heterocycles. The molecule has 3 nitrogen and oxygen atoms in total. The van der Waals surface area contributed by atoms with Crippen molar-refractivity contribution in [3.05, 3.63) is 0 Å². The topological polar surface area (TPSA) is 24.8 Å². The molecule has 0 aromatic rings. The Bertz CT molecular complexity index is 151. The van der Waals surface area contributed by atoms with Crippen LogP contribution in [0.5, 0.6) is 0 Å². The minimum Gasteiger partial charge on any atom is -0.353 e. The molecule has 0 unspecified atom stereocenters. The van der Waals surface area contributed by atoms with Gasteiger partial charge in [-0.25, -0.2) is 0 Å². The Kier molecular flexibility index (Phi) is 3.23. The van der Waals surface area contributed by atoms with Gasteiger partial charge in [0.05, 0.1) is 5.60 Å². The fourth-order valence-electron chi connectivity index (χ4n) is 1.44. The van der Waals surface area contributed by atoms with Gasteiger partial charge in [-0.3, -0.25) is 4.99 Å². The van der Waals surface area contributed by atoms with E-state index in [1.165, 1.54) is 0 Å². The lowest BCUT2D eigenvalue weighted by Crippen LogP contribution is -2.42. The number of hydrogen-bond acceptors (Lipinski definition) is 3. The summed E-state index contributed by atoms with van der Waals surface area (Å²) in [4.78, 5) is 6.03. The van der Waals surface area contributed by atoms with E-state index in [9.17, 15) is 0 Å². The summed E-state index contributed by atoms with van der Waals surface area (Å²) < 4.78 is 5.61. The lowest BCUT2D eigenvalue weighted by Gasteiger charge is -2.37. The average Bonchev–Trinajstić information content (AvgIpc) is 2.08. The van der Waals surface area contributed by atoms with Gasteiger partial charge in [0.25, 0.3) is 0 Å². The summed E-state index contributed by atoms with van der Waals surface area (Å²) in [5.41, 5.74) is 0.0354. The van der Waals surface area contributed by atoms with Crippen LogP contribution in [-0.2, 0) is 4.74 Å². The van der Waals surface area contributed by atoms with E-state index >= 15 is 0 Å². The molecule has 1 aliphatic rings. The van der Waals surface area contributed by atoms with Gasteiger partial charge in [0, 0.05) is 13.1 Å². The number of hydrogen-bond donors (Lipinski definition) is 0. The van der Waals surface area contributed by atoms with Crippen molar-refractivity contribution in [2.75, 3.05) is 26.9 Å². The molecule has 0 amide bonds. The molecule has 0 aromatic carbocycles. The minimum absolute atomic E-state index is 0.0354. The molecule has 1 rings (SSSR count). The number of piperidine rings is 1. The molecule has 0 N–H and O–H groups in total. The third-order valence-electron chi connectivity index (χ3n) is 2.55. The highest BCUT2D eigenvalue weighted by Gasteiger charge is 2.29. The summed E-state index contributed by atoms with van der Waals surface area (Å²) in [5.74, 6) is 0. The van der Waals surface area contributed by atoms with Crippen LogP contribution >= 0.6 is 0 Å². The van der Waals surface area contributed by atoms with Crippen LogP contribution in [0.4, 0.5) is 0 Å². The van der Waals surface area contributed by atoms with Crippen molar-refractivity contribution in [2.24, 2.45) is 4.99 Å². The van der Waals surface area contributed by atoms with Gasteiger partial charge in [0.2, 0.25) is 0 Å². The molecule has 12 heavy (non-hydrogen) atoms. The van der Waals surface area contributed by atoms with E-state index in [-0.39, 0.29) is 5.60 Å². The lowest BCUT2D eigenvalue weighted by atomic mass is 9.94. The Hall–Kier alpha value is -0.410. The molecular formula is C9H18N2O. The van der Waals surface area contributed by atoms with E-state index < -0.39 is 0 Å². The quantitative estimate of drug-likeness (QED) is 0.593. The number of rotatable bonds is 3. The number of aliphatic imine (C=N–C) groups is 1. The van der Waals surface area contributed by atoms with Gasteiger partial charge < -0.3 is 9.64 Å². The third-order valence-corrected chi connectivity index (χ3v) is 2.55. The van der Waals surface area contributed by atoms with Crippen molar-refractivity contribution in [1.29, 1.82) is 0 Å². The highest BCUT2D eigenvalue weighted by molar-refractivity contribution is 5.22. The predicted molar refractivity (Wildman–Crippen MR) is 50.6 cm³/mol. The van der Waals surface area contributed by atoms with Crippen LogP contribution in [0.25, 0.3) is 0 Å². The molecule has 1 fully saturated rings. The number of likely N-dealkylation sites (tertiary alicyclic amines) is 1. The van der Waals surface area contributed by atoms with Crippen LogP contribution < -0.4 is 0 Å². The van der Waals surface area contributed by atoms with Gasteiger partial charge in [-0.05, 0) is 33.5 Å². The smallest absolute Gasteiger partial charge is 0.137 e. The lowest BCUT2D eigenvalue weighted by molar-refractivity contribution is -0.0643. The van der Waals surface area contributed by atoms with E-state index in [4.69, 9.17) is 4.74 Å². The average molecular weight is 170 g/mol. The van der Waals surface area contributed by atoms with Crippen LogP contribution in [0.15, 0.2) is 4.99 Å². The standard InChI is InChI=1S/C9H18N2O/c1-9(12-8-10-2)4-6-11(3)7-5-9/h2,4-8H2,1,3H3. The molecule has 70 valence electrons. The SMILES string of the molecule is C=NCOC1(C)CCN(C)CC1. The molecule has 0 radical (unpaired) electrons. The first-order valence-electron chi connectivity index (χ1n) is 4.41. The first kappa shape index (κ1) is 9.68. The maximum absolute atomic E-state index is 5.61. The third kappa shape index (κ3) is 2.57. The van der Waals surface area contributed by atoms with Crippen molar-refractivity contribution >= 4 is 6.72 Å². The summed E-state index contributed by atoms with van der Waals surface area (Å²) in [6.07, 6.45) is 2.19. The van der Waals surface area contributed by atoms with E-state index in [2.05, 4.69) is 30.6 Å². The van der Waals surface area contributed by atoms with Gasteiger partial charge >= 0.3 is 0 Å². The Morgan fingerprint density at radius 3 is 2.58 bits per heavy atom. The Morgan fingerprint density at radius 2 is 2.08 bits per heavy atom. The molecule has 0 aromatic heterocycles. The molecule has 0 atom stereocenters.